The molecule has 0 fully saturated rings. The highest BCUT2D eigenvalue weighted by Gasteiger charge is 1.85. The minimum Gasteiger partial charge on any atom is -0.0891 e. The summed E-state index contributed by atoms with van der Waals surface area (Å²) >= 11 is 4.67. The van der Waals surface area contributed by atoms with Gasteiger partial charge in [0.15, 0.2) is 0 Å². The van der Waals surface area contributed by atoms with E-state index in [1.807, 2.05) is 0 Å². The molecule has 0 nitrogen and oxygen atoms in total. The summed E-state index contributed by atoms with van der Waals surface area (Å²) in [5.41, 5.74) is 0. The lowest BCUT2D eigenvalue weighted by Gasteiger charge is -1.94. The van der Waals surface area contributed by atoms with Crippen molar-refractivity contribution < 1.29 is 0 Å². The van der Waals surface area contributed by atoms with Crippen molar-refractivity contribution >= 4 is 12.6 Å². The summed E-state index contributed by atoms with van der Waals surface area (Å²) in [6.07, 6.45) is 10.0. The summed E-state index contributed by atoms with van der Waals surface area (Å²) < 4.78 is 0. The van der Waals surface area contributed by atoms with E-state index < -0.39 is 0 Å². The van der Waals surface area contributed by atoms with Crippen LogP contribution in [0.2, 0.25) is 0 Å². The van der Waals surface area contributed by atoms with Crippen molar-refractivity contribution in [2.24, 2.45) is 0 Å². The second kappa shape index (κ2) is 8.96. The molecule has 10 heavy (non-hydrogen) atoms. The molecule has 0 saturated heterocycles. The van der Waals surface area contributed by atoms with Gasteiger partial charge in [0, 0.05) is 0 Å². The molecule has 0 heterocycles. The molecule has 1 radical (unpaired) electrons. The average Bonchev–Trinajstić information content (AvgIpc) is 1.97. The molecule has 0 aliphatic rings. The van der Waals surface area contributed by atoms with Gasteiger partial charge in [-0.2, -0.15) is 0 Å². The van der Waals surface area contributed by atoms with E-state index in [-0.39, 0.29) is 0 Å². The Bertz CT molecular complexity index is 76.8. The number of unbranched alkanes of at least 4 members (excludes halogenated alkanes) is 5. The van der Waals surface area contributed by atoms with Gasteiger partial charge in [-0.1, -0.05) is 51.3 Å². The van der Waals surface area contributed by atoms with Gasteiger partial charge in [0.2, 0.25) is 0 Å². The molecule has 0 bridgehead atoms. The number of hydrogen-bond acceptors (Lipinski definition) is 0. The topological polar surface area (TPSA) is 0 Å². The number of rotatable bonds is 6. The molecule has 0 aromatic carbocycles. The van der Waals surface area contributed by atoms with Gasteiger partial charge >= 0.3 is 0 Å². The first-order chi connectivity index (χ1) is 4.91. The van der Waals surface area contributed by atoms with E-state index in [0.29, 0.717) is 0 Å². The van der Waals surface area contributed by atoms with Crippen LogP contribution in [0.15, 0.2) is 11.5 Å². The second-order valence-corrected chi connectivity index (χ2v) is 2.85. The maximum Gasteiger partial charge on any atom is -0.00265 e. The highest BCUT2D eigenvalue weighted by molar-refractivity contribution is 7.83. The first kappa shape index (κ1) is 9.96. The van der Waals surface area contributed by atoms with Crippen LogP contribution >= 0.6 is 12.6 Å². The van der Waals surface area contributed by atoms with Crippen LogP contribution in [0.4, 0.5) is 0 Å². The largest absolute Gasteiger partial charge is 0.0891 e. The van der Waals surface area contributed by atoms with Crippen molar-refractivity contribution in [2.45, 2.75) is 45.4 Å². The number of hydrogen-bond donors (Lipinski definition) is 0. The summed E-state index contributed by atoms with van der Waals surface area (Å²) in [7, 11) is 0. The highest BCUT2D eigenvalue weighted by Crippen LogP contribution is 2.05. The Morgan fingerprint density at radius 3 is 2.40 bits per heavy atom. The molecule has 0 saturated carbocycles. The monoisotopic (exact) mass is 157 g/mol. The van der Waals surface area contributed by atoms with Crippen molar-refractivity contribution in [1.29, 1.82) is 0 Å². The van der Waals surface area contributed by atoms with E-state index in [1.54, 1.807) is 5.41 Å². The lowest BCUT2D eigenvalue weighted by molar-refractivity contribution is 0.637. The molecule has 59 valence electrons. The van der Waals surface area contributed by atoms with Gasteiger partial charge in [0.25, 0.3) is 0 Å². The van der Waals surface area contributed by atoms with Gasteiger partial charge < -0.3 is 0 Å². The zero-order chi connectivity index (χ0) is 7.66. The lowest BCUT2D eigenvalue weighted by atomic mass is 10.1. The molecule has 0 N–H and O–H groups in total. The molecular weight excluding hydrogens is 140 g/mol. The standard InChI is InChI=1S/C9H17S/c1-2-3-4-5-6-7-8-9-10/h8-9H,2-7H2,1H3. The zero-order valence-corrected chi connectivity index (χ0v) is 7.62. The molecule has 1 heteroatoms. The minimum atomic E-state index is 1.17. The molecule has 0 aromatic heterocycles. The van der Waals surface area contributed by atoms with Crippen molar-refractivity contribution in [2.75, 3.05) is 0 Å². The molecule has 0 atom stereocenters. The van der Waals surface area contributed by atoms with E-state index in [2.05, 4.69) is 25.6 Å². The summed E-state index contributed by atoms with van der Waals surface area (Å²) in [4.78, 5) is 0. The summed E-state index contributed by atoms with van der Waals surface area (Å²) in [6.45, 7) is 2.24. The van der Waals surface area contributed by atoms with Crippen LogP contribution in [-0.2, 0) is 0 Å². The summed E-state index contributed by atoms with van der Waals surface area (Å²) in [5.74, 6) is 0. The second-order valence-electron chi connectivity index (χ2n) is 2.57. The van der Waals surface area contributed by atoms with E-state index in [4.69, 9.17) is 0 Å². The fourth-order valence-corrected chi connectivity index (χ4v) is 1.07. The molecule has 0 aliphatic carbocycles. The highest BCUT2D eigenvalue weighted by atomic mass is 32.1. The Hall–Kier alpha value is -0.0400. The normalized spacial score (nSPS) is 10.9. The van der Waals surface area contributed by atoms with Crippen LogP contribution in [0.5, 0.6) is 0 Å². The maximum atomic E-state index is 4.67. The maximum absolute atomic E-state index is 4.67. The fourth-order valence-electron chi connectivity index (χ4n) is 0.934. The van der Waals surface area contributed by atoms with Crippen molar-refractivity contribution in [3.05, 3.63) is 11.5 Å². The first-order valence-corrected chi connectivity index (χ1v) is 4.66. The predicted octanol–water partition coefficient (Wildman–Crippen LogP) is 4.06. The third-order valence-electron chi connectivity index (χ3n) is 1.57. The van der Waals surface area contributed by atoms with E-state index >= 15 is 0 Å². The third kappa shape index (κ3) is 7.96. The molecule has 0 amide bonds. The summed E-state index contributed by atoms with van der Waals surface area (Å²) in [5, 5.41) is 1.72. The van der Waals surface area contributed by atoms with Crippen LogP contribution in [0.3, 0.4) is 0 Å². The molecule has 0 rings (SSSR count). The predicted molar refractivity (Wildman–Crippen MR) is 50.1 cm³/mol. The SMILES string of the molecule is CCCCCCCC=C[S]. The van der Waals surface area contributed by atoms with Crippen LogP contribution in [0.25, 0.3) is 0 Å². The van der Waals surface area contributed by atoms with Gasteiger partial charge in [0.1, 0.15) is 0 Å². The van der Waals surface area contributed by atoms with Crippen LogP contribution in [0.1, 0.15) is 45.4 Å². The number of allylic oxidation sites excluding steroid dienone is 1. The zero-order valence-electron chi connectivity index (χ0n) is 6.81. The van der Waals surface area contributed by atoms with E-state index in [1.165, 1.54) is 38.5 Å². The first-order valence-electron chi connectivity index (χ1n) is 4.18. The van der Waals surface area contributed by atoms with Crippen LogP contribution < -0.4 is 0 Å². The molecule has 0 spiro atoms. The Morgan fingerprint density at radius 2 is 1.80 bits per heavy atom. The molecular formula is C9H17S. The van der Waals surface area contributed by atoms with Crippen molar-refractivity contribution in [1.82, 2.24) is 0 Å². The molecule has 0 aromatic rings. The van der Waals surface area contributed by atoms with Gasteiger partial charge in [-0.25, -0.2) is 0 Å². The average molecular weight is 157 g/mol. The van der Waals surface area contributed by atoms with Gasteiger partial charge in [0.05, 0.1) is 0 Å². The van der Waals surface area contributed by atoms with Crippen molar-refractivity contribution in [3.8, 4) is 0 Å². The van der Waals surface area contributed by atoms with E-state index in [0.717, 1.165) is 0 Å². The smallest absolute Gasteiger partial charge is 0.00265 e. The van der Waals surface area contributed by atoms with Gasteiger partial charge in [-0.3, -0.25) is 0 Å². The fraction of sp³-hybridized carbons (Fsp3) is 0.778. The van der Waals surface area contributed by atoms with Gasteiger partial charge in [-0.05, 0) is 18.2 Å². The molecule has 0 unspecified atom stereocenters. The minimum absolute atomic E-state index is 1.17. The lowest BCUT2D eigenvalue weighted by Crippen LogP contribution is -1.75. The molecule has 0 aliphatic heterocycles. The Balaban J connectivity index is 2.77. The Morgan fingerprint density at radius 1 is 1.10 bits per heavy atom. The van der Waals surface area contributed by atoms with Crippen LogP contribution in [0, 0.1) is 0 Å². The third-order valence-corrected chi connectivity index (χ3v) is 1.76. The van der Waals surface area contributed by atoms with Crippen molar-refractivity contribution in [3.63, 3.8) is 0 Å². The summed E-state index contributed by atoms with van der Waals surface area (Å²) in [6, 6.07) is 0. The van der Waals surface area contributed by atoms with E-state index in [9.17, 15) is 0 Å². The Kier molecular flexibility index (Phi) is 8.92. The quantitative estimate of drug-likeness (QED) is 0.510. The van der Waals surface area contributed by atoms with Gasteiger partial charge in [-0.15, -0.1) is 0 Å². The Labute approximate surface area is 70.1 Å². The van der Waals surface area contributed by atoms with Crippen LogP contribution in [-0.4, -0.2) is 0 Å².